The number of aromatic nitrogens is 2. The van der Waals surface area contributed by atoms with Crippen LogP contribution in [0.1, 0.15) is 19.3 Å². The lowest BCUT2D eigenvalue weighted by molar-refractivity contribution is 0.563. The van der Waals surface area contributed by atoms with Crippen LogP contribution in [0.25, 0.3) is 0 Å². The zero-order valence-corrected chi connectivity index (χ0v) is 8.44. The molecule has 0 unspecified atom stereocenters. The third kappa shape index (κ3) is 1.78. The van der Waals surface area contributed by atoms with Crippen LogP contribution in [0.15, 0.2) is 16.9 Å². The normalized spacial score (nSPS) is 17.1. The molecule has 0 radical (unpaired) electrons. The molecule has 0 saturated carbocycles. The molecule has 0 aromatic carbocycles. The summed E-state index contributed by atoms with van der Waals surface area (Å²) in [6.07, 6.45) is 3.76. The van der Waals surface area contributed by atoms with E-state index < -0.39 is 0 Å². The Morgan fingerprint density at radius 3 is 2.57 bits per heavy atom. The highest BCUT2D eigenvalue weighted by Gasteiger charge is 2.12. The van der Waals surface area contributed by atoms with E-state index in [-0.39, 0.29) is 5.56 Å². The molecule has 14 heavy (non-hydrogen) atoms. The molecule has 0 amide bonds. The molecule has 4 heteroatoms. The van der Waals surface area contributed by atoms with E-state index in [1.54, 1.807) is 13.1 Å². The van der Waals surface area contributed by atoms with E-state index in [2.05, 4.69) is 10.00 Å². The molecular formula is C10H15N3O. The van der Waals surface area contributed by atoms with Crippen LogP contribution in [-0.4, -0.2) is 22.9 Å². The van der Waals surface area contributed by atoms with E-state index >= 15 is 0 Å². The van der Waals surface area contributed by atoms with Gasteiger partial charge in [0.1, 0.15) is 5.82 Å². The lowest BCUT2D eigenvalue weighted by atomic mass is 10.1. The fourth-order valence-electron chi connectivity index (χ4n) is 1.78. The maximum absolute atomic E-state index is 11.1. The summed E-state index contributed by atoms with van der Waals surface area (Å²) in [5, 5.41) is 4.23. The van der Waals surface area contributed by atoms with Crippen LogP contribution in [0.2, 0.25) is 0 Å². The molecule has 76 valence electrons. The van der Waals surface area contributed by atoms with Gasteiger partial charge in [-0.1, -0.05) is 0 Å². The van der Waals surface area contributed by atoms with Gasteiger partial charge in [-0.2, -0.15) is 5.10 Å². The lowest BCUT2D eigenvalue weighted by Gasteiger charge is -2.27. The van der Waals surface area contributed by atoms with Gasteiger partial charge in [0.15, 0.2) is 0 Å². The fourth-order valence-corrected chi connectivity index (χ4v) is 1.78. The largest absolute Gasteiger partial charge is 0.355 e. The molecule has 1 saturated heterocycles. The molecule has 0 spiro atoms. The van der Waals surface area contributed by atoms with Gasteiger partial charge >= 0.3 is 0 Å². The number of hydrogen-bond acceptors (Lipinski definition) is 3. The first-order chi connectivity index (χ1) is 6.77. The molecule has 2 rings (SSSR count). The minimum atomic E-state index is -0.0502. The maximum Gasteiger partial charge on any atom is 0.266 e. The van der Waals surface area contributed by atoms with Crippen molar-refractivity contribution in [1.29, 1.82) is 0 Å². The van der Waals surface area contributed by atoms with Crippen molar-refractivity contribution in [2.75, 3.05) is 18.0 Å². The predicted molar refractivity (Wildman–Crippen MR) is 55.5 cm³/mol. The summed E-state index contributed by atoms with van der Waals surface area (Å²) < 4.78 is 1.39. The zero-order valence-electron chi connectivity index (χ0n) is 8.44. The Morgan fingerprint density at radius 2 is 1.93 bits per heavy atom. The van der Waals surface area contributed by atoms with Crippen molar-refractivity contribution in [2.45, 2.75) is 19.3 Å². The number of anilines is 1. The van der Waals surface area contributed by atoms with Gasteiger partial charge in [0.2, 0.25) is 0 Å². The summed E-state index contributed by atoms with van der Waals surface area (Å²) in [5.74, 6) is 0.923. The molecule has 1 aromatic rings. The van der Waals surface area contributed by atoms with Crippen LogP contribution in [-0.2, 0) is 7.05 Å². The number of aryl methyl sites for hydroxylation is 1. The molecule has 1 fully saturated rings. The van der Waals surface area contributed by atoms with Crippen LogP contribution >= 0.6 is 0 Å². The molecule has 4 nitrogen and oxygen atoms in total. The number of hydrogen-bond donors (Lipinski definition) is 0. The number of piperidine rings is 1. The first-order valence-electron chi connectivity index (χ1n) is 5.07. The van der Waals surface area contributed by atoms with E-state index in [1.807, 2.05) is 6.07 Å². The van der Waals surface area contributed by atoms with Crippen LogP contribution in [0, 0.1) is 0 Å². The van der Waals surface area contributed by atoms with Gasteiger partial charge in [-0.15, -0.1) is 0 Å². The zero-order chi connectivity index (χ0) is 9.97. The van der Waals surface area contributed by atoms with Gasteiger partial charge < -0.3 is 4.90 Å². The van der Waals surface area contributed by atoms with E-state index in [1.165, 1.54) is 23.9 Å². The number of nitrogens with zero attached hydrogens (tertiary/aromatic N) is 3. The monoisotopic (exact) mass is 193 g/mol. The molecule has 1 aliphatic heterocycles. The molecule has 0 aliphatic carbocycles. The van der Waals surface area contributed by atoms with Gasteiger partial charge in [0, 0.05) is 26.2 Å². The molecule has 0 bridgehead atoms. The average molecular weight is 193 g/mol. The molecule has 2 heterocycles. The molecular weight excluding hydrogens is 178 g/mol. The van der Waals surface area contributed by atoms with E-state index in [0.29, 0.717) is 0 Å². The Labute approximate surface area is 83.2 Å². The van der Waals surface area contributed by atoms with Gasteiger partial charge in [-0.05, 0) is 25.3 Å². The Kier molecular flexibility index (Phi) is 2.52. The first-order valence-corrected chi connectivity index (χ1v) is 5.07. The molecule has 0 N–H and O–H groups in total. The van der Waals surface area contributed by atoms with Crippen molar-refractivity contribution in [3.05, 3.63) is 22.5 Å². The fraction of sp³-hybridized carbons (Fsp3) is 0.600. The predicted octanol–water partition coefficient (Wildman–Crippen LogP) is 0.771. The van der Waals surface area contributed by atoms with Crippen LogP contribution in [0.5, 0.6) is 0 Å². The lowest BCUT2D eigenvalue weighted by Crippen LogP contribution is -2.32. The first kappa shape index (κ1) is 9.24. The third-order valence-corrected chi connectivity index (χ3v) is 2.63. The van der Waals surface area contributed by atoms with Crippen molar-refractivity contribution in [1.82, 2.24) is 9.78 Å². The minimum absolute atomic E-state index is 0.0502. The molecule has 1 aromatic heterocycles. The second-order valence-corrected chi connectivity index (χ2v) is 3.70. The topological polar surface area (TPSA) is 38.1 Å². The molecule has 0 atom stereocenters. The third-order valence-electron chi connectivity index (χ3n) is 2.63. The van der Waals surface area contributed by atoms with Crippen molar-refractivity contribution >= 4 is 5.82 Å². The maximum atomic E-state index is 11.1. The Balaban J connectivity index is 2.22. The van der Waals surface area contributed by atoms with Gasteiger partial charge in [-0.3, -0.25) is 4.79 Å². The summed E-state index contributed by atoms with van der Waals surface area (Å²) >= 11 is 0. The van der Waals surface area contributed by atoms with Crippen molar-refractivity contribution in [2.24, 2.45) is 7.05 Å². The highest BCUT2D eigenvalue weighted by molar-refractivity contribution is 5.36. The van der Waals surface area contributed by atoms with Gasteiger partial charge in [0.05, 0.1) is 0 Å². The van der Waals surface area contributed by atoms with Crippen LogP contribution in [0.4, 0.5) is 5.82 Å². The van der Waals surface area contributed by atoms with Gasteiger partial charge in [-0.25, -0.2) is 4.68 Å². The van der Waals surface area contributed by atoms with E-state index in [9.17, 15) is 4.79 Å². The second kappa shape index (κ2) is 3.82. The summed E-state index contributed by atoms with van der Waals surface area (Å²) in [6.45, 7) is 2.12. The Morgan fingerprint density at radius 1 is 1.21 bits per heavy atom. The standard InChI is InChI=1S/C10H15N3O/c1-12-10(14)6-5-9(11-12)13-7-3-2-4-8-13/h5-6H,2-4,7-8H2,1H3. The van der Waals surface area contributed by atoms with E-state index in [0.717, 1.165) is 18.9 Å². The molecule has 1 aliphatic rings. The SMILES string of the molecule is Cn1nc(N2CCCCC2)ccc1=O. The van der Waals surface area contributed by atoms with Gasteiger partial charge in [0.25, 0.3) is 5.56 Å². The average Bonchev–Trinajstić information content (AvgIpc) is 2.23. The smallest absolute Gasteiger partial charge is 0.266 e. The summed E-state index contributed by atoms with van der Waals surface area (Å²) in [7, 11) is 1.69. The van der Waals surface area contributed by atoms with Crippen molar-refractivity contribution in [3.8, 4) is 0 Å². The summed E-state index contributed by atoms with van der Waals surface area (Å²) in [4.78, 5) is 13.4. The van der Waals surface area contributed by atoms with Crippen molar-refractivity contribution < 1.29 is 0 Å². The highest BCUT2D eigenvalue weighted by atomic mass is 16.1. The second-order valence-electron chi connectivity index (χ2n) is 3.70. The summed E-state index contributed by atoms with van der Waals surface area (Å²) in [5.41, 5.74) is -0.0502. The quantitative estimate of drug-likeness (QED) is 0.661. The summed E-state index contributed by atoms with van der Waals surface area (Å²) in [6, 6.07) is 3.39. The van der Waals surface area contributed by atoms with Crippen LogP contribution in [0.3, 0.4) is 0 Å². The highest BCUT2D eigenvalue weighted by Crippen LogP contribution is 2.15. The Bertz CT molecular complexity index is 366. The minimum Gasteiger partial charge on any atom is -0.355 e. The van der Waals surface area contributed by atoms with Crippen molar-refractivity contribution in [3.63, 3.8) is 0 Å². The Hall–Kier alpha value is -1.32. The number of rotatable bonds is 1. The van der Waals surface area contributed by atoms with E-state index in [4.69, 9.17) is 0 Å². The van der Waals surface area contributed by atoms with Crippen LogP contribution < -0.4 is 10.5 Å².